The lowest BCUT2D eigenvalue weighted by Gasteiger charge is -2.30. The van der Waals surface area contributed by atoms with Crippen LogP contribution in [0.1, 0.15) is 20.3 Å². The predicted molar refractivity (Wildman–Crippen MR) is 77.5 cm³/mol. The summed E-state index contributed by atoms with van der Waals surface area (Å²) in [5.74, 6) is -3.11. The molecular weight excluding hydrogens is 298 g/mol. The molecule has 114 valence electrons. The van der Waals surface area contributed by atoms with E-state index < -0.39 is 11.3 Å². The first-order valence-corrected chi connectivity index (χ1v) is 7.36. The first kappa shape index (κ1) is 15.8. The van der Waals surface area contributed by atoms with Gasteiger partial charge in [0.25, 0.3) is 11.7 Å². The normalized spacial score (nSPS) is 18.6. The zero-order chi connectivity index (χ0) is 15.6. The summed E-state index contributed by atoms with van der Waals surface area (Å²) in [7, 11) is 0. The fourth-order valence-corrected chi connectivity index (χ4v) is 2.87. The monoisotopic (exact) mass is 314 g/mol. The summed E-state index contributed by atoms with van der Waals surface area (Å²) in [5, 5.41) is 2.64. The second kappa shape index (κ2) is 6.01. The maximum absolute atomic E-state index is 12.7. The summed E-state index contributed by atoms with van der Waals surface area (Å²) in [5.41, 5.74) is -0.645. The van der Waals surface area contributed by atoms with E-state index in [1.165, 1.54) is 4.90 Å². The zero-order valence-corrected chi connectivity index (χ0v) is 12.5. The summed E-state index contributed by atoms with van der Waals surface area (Å²) in [4.78, 5) is 26.0. The van der Waals surface area contributed by atoms with Crippen LogP contribution in [-0.4, -0.2) is 29.7 Å². The van der Waals surface area contributed by atoms with Gasteiger partial charge in [-0.2, -0.15) is 8.78 Å². The quantitative estimate of drug-likeness (QED) is 0.873. The van der Waals surface area contributed by atoms with Crippen LogP contribution in [0.3, 0.4) is 0 Å². The molecule has 0 aromatic heterocycles. The summed E-state index contributed by atoms with van der Waals surface area (Å²) < 4.78 is 25.3. The number of nitrogens with one attached hydrogen (secondary N) is 1. The van der Waals surface area contributed by atoms with Crippen LogP contribution in [-0.2, 0) is 9.59 Å². The van der Waals surface area contributed by atoms with Gasteiger partial charge in [0.1, 0.15) is 5.54 Å². The number of hydrogen-bond donors (Lipinski definition) is 1. The smallest absolute Gasteiger partial charge is 0.288 e. The van der Waals surface area contributed by atoms with E-state index in [1.54, 1.807) is 38.1 Å². The molecule has 4 nitrogen and oxygen atoms in total. The van der Waals surface area contributed by atoms with Gasteiger partial charge in [0.15, 0.2) is 0 Å². The Morgan fingerprint density at radius 2 is 1.95 bits per heavy atom. The molecule has 0 radical (unpaired) electrons. The number of benzene rings is 1. The van der Waals surface area contributed by atoms with E-state index in [0.717, 1.165) is 0 Å². The topological polar surface area (TPSA) is 49.4 Å². The van der Waals surface area contributed by atoms with E-state index in [0.29, 0.717) is 22.3 Å². The van der Waals surface area contributed by atoms with Crippen LogP contribution in [0.5, 0.6) is 0 Å². The van der Waals surface area contributed by atoms with E-state index in [1.807, 2.05) is 0 Å². The van der Waals surface area contributed by atoms with Crippen molar-refractivity contribution < 1.29 is 18.4 Å². The molecule has 1 aliphatic rings. The highest BCUT2D eigenvalue weighted by Crippen LogP contribution is 2.35. The first-order chi connectivity index (χ1) is 9.81. The van der Waals surface area contributed by atoms with E-state index in [-0.39, 0.29) is 24.8 Å². The van der Waals surface area contributed by atoms with E-state index in [9.17, 15) is 18.4 Å². The van der Waals surface area contributed by atoms with Gasteiger partial charge >= 0.3 is 0 Å². The van der Waals surface area contributed by atoms with Crippen molar-refractivity contribution in [2.45, 2.75) is 36.5 Å². The summed E-state index contributed by atoms with van der Waals surface area (Å²) in [6.07, 6.45) is 0.142. The lowest BCUT2D eigenvalue weighted by Crippen LogP contribution is -2.53. The molecule has 0 spiro atoms. The number of carbonyl (C=O) groups excluding carboxylic acids is 2. The molecule has 0 bridgehead atoms. The molecule has 7 heteroatoms. The van der Waals surface area contributed by atoms with Crippen LogP contribution in [0.4, 0.5) is 14.5 Å². The van der Waals surface area contributed by atoms with Gasteiger partial charge in [0, 0.05) is 17.9 Å². The molecule has 0 atom stereocenters. The molecule has 1 saturated heterocycles. The molecule has 0 aliphatic carbocycles. The van der Waals surface area contributed by atoms with Crippen LogP contribution < -0.4 is 10.2 Å². The van der Waals surface area contributed by atoms with Gasteiger partial charge in [0.2, 0.25) is 5.91 Å². The third kappa shape index (κ3) is 3.53. The summed E-state index contributed by atoms with van der Waals surface area (Å²) in [6.45, 7) is 3.39. The minimum Gasteiger partial charge on any atom is -0.342 e. The van der Waals surface area contributed by atoms with Gasteiger partial charge in [-0.25, -0.2) is 0 Å². The third-order valence-corrected chi connectivity index (χ3v) is 3.94. The standard InChI is InChI=1S/C14H16F2N2O2S/c1-14(2)12(20)18(8-7-11(19)17-14)9-5-3-4-6-10(9)21-13(15)16/h3-6,13H,7-8H2,1-2H3,(H,17,19). The van der Waals surface area contributed by atoms with Gasteiger partial charge < -0.3 is 10.2 Å². The van der Waals surface area contributed by atoms with Crippen molar-refractivity contribution in [2.75, 3.05) is 11.4 Å². The largest absolute Gasteiger partial charge is 0.342 e. The van der Waals surface area contributed by atoms with Gasteiger partial charge in [0.05, 0.1) is 5.69 Å². The van der Waals surface area contributed by atoms with Crippen molar-refractivity contribution in [3.05, 3.63) is 24.3 Å². The average molecular weight is 314 g/mol. The highest BCUT2D eigenvalue weighted by Gasteiger charge is 2.37. The number of rotatable bonds is 3. The Kier molecular flexibility index (Phi) is 4.51. The fourth-order valence-electron chi connectivity index (χ4n) is 2.22. The van der Waals surface area contributed by atoms with Crippen LogP contribution in [0.15, 0.2) is 29.2 Å². The second-order valence-electron chi connectivity index (χ2n) is 5.23. The van der Waals surface area contributed by atoms with Gasteiger partial charge in [-0.15, -0.1) is 0 Å². The number of amides is 2. The fraction of sp³-hybridized carbons (Fsp3) is 0.429. The Bertz CT molecular complexity index is 564. The number of halogens is 2. The van der Waals surface area contributed by atoms with Gasteiger partial charge in [-0.05, 0) is 26.0 Å². The highest BCUT2D eigenvalue weighted by atomic mass is 32.2. The molecule has 0 unspecified atom stereocenters. The number of thioether (sulfide) groups is 1. The van der Waals surface area contributed by atoms with Crippen molar-refractivity contribution in [3.63, 3.8) is 0 Å². The first-order valence-electron chi connectivity index (χ1n) is 6.48. The molecular formula is C14H16F2N2O2S. The number of para-hydroxylation sites is 1. The Balaban J connectivity index is 2.40. The molecule has 1 fully saturated rings. The second-order valence-corrected chi connectivity index (χ2v) is 6.26. The lowest BCUT2D eigenvalue weighted by molar-refractivity contribution is -0.128. The van der Waals surface area contributed by atoms with Crippen molar-refractivity contribution in [2.24, 2.45) is 0 Å². The molecule has 2 rings (SSSR count). The average Bonchev–Trinajstić information content (AvgIpc) is 2.48. The summed E-state index contributed by atoms with van der Waals surface area (Å²) in [6, 6.07) is 6.50. The van der Waals surface area contributed by atoms with Crippen LogP contribution >= 0.6 is 11.8 Å². The zero-order valence-electron chi connectivity index (χ0n) is 11.7. The number of alkyl halides is 2. The maximum Gasteiger partial charge on any atom is 0.288 e. The molecule has 1 heterocycles. The highest BCUT2D eigenvalue weighted by molar-refractivity contribution is 7.99. The van der Waals surface area contributed by atoms with Crippen molar-refractivity contribution >= 4 is 29.3 Å². The summed E-state index contributed by atoms with van der Waals surface area (Å²) >= 11 is 0.396. The molecule has 1 N–H and O–H groups in total. The number of hydrogen-bond acceptors (Lipinski definition) is 3. The Labute approximate surface area is 125 Å². The molecule has 1 aliphatic heterocycles. The van der Waals surface area contributed by atoms with Crippen LogP contribution in [0.25, 0.3) is 0 Å². The molecule has 21 heavy (non-hydrogen) atoms. The molecule has 1 aromatic rings. The minimum absolute atomic E-state index is 0.142. The van der Waals surface area contributed by atoms with E-state index in [2.05, 4.69) is 5.32 Å². The lowest BCUT2D eigenvalue weighted by atomic mass is 10.0. The van der Waals surface area contributed by atoms with Gasteiger partial charge in [-0.1, -0.05) is 23.9 Å². The van der Waals surface area contributed by atoms with Crippen molar-refractivity contribution in [1.82, 2.24) is 5.32 Å². The van der Waals surface area contributed by atoms with Crippen molar-refractivity contribution in [1.29, 1.82) is 0 Å². The molecule has 1 aromatic carbocycles. The van der Waals surface area contributed by atoms with Crippen LogP contribution in [0.2, 0.25) is 0 Å². The Hall–Kier alpha value is -1.63. The SMILES string of the molecule is CC1(C)NC(=O)CCN(c2ccccc2SC(F)F)C1=O. The third-order valence-electron chi connectivity index (χ3n) is 3.17. The predicted octanol–water partition coefficient (Wildman–Crippen LogP) is 2.63. The van der Waals surface area contributed by atoms with Gasteiger partial charge in [-0.3, -0.25) is 9.59 Å². The number of nitrogens with zero attached hydrogens (tertiary/aromatic N) is 1. The molecule has 2 amide bonds. The number of anilines is 1. The Morgan fingerprint density at radius 1 is 1.29 bits per heavy atom. The van der Waals surface area contributed by atoms with Crippen LogP contribution in [0, 0.1) is 0 Å². The maximum atomic E-state index is 12.7. The Morgan fingerprint density at radius 3 is 2.62 bits per heavy atom. The van der Waals surface area contributed by atoms with E-state index in [4.69, 9.17) is 0 Å². The van der Waals surface area contributed by atoms with E-state index >= 15 is 0 Å². The minimum atomic E-state index is -2.57. The molecule has 0 saturated carbocycles. The number of carbonyl (C=O) groups is 2. The van der Waals surface area contributed by atoms with Crippen molar-refractivity contribution in [3.8, 4) is 0 Å².